The predicted octanol–water partition coefficient (Wildman–Crippen LogP) is 2.84. The second-order valence-electron chi connectivity index (χ2n) is 4.05. The first kappa shape index (κ1) is 13.5. The number of hydrogen-bond donors (Lipinski definition) is 1. The SMILES string of the molecule is NCc1cc(F)ccc1OCOCc1ccccc1. The molecule has 0 aliphatic heterocycles. The summed E-state index contributed by atoms with van der Waals surface area (Å²) in [5.41, 5.74) is 7.23. The number of halogens is 1. The normalized spacial score (nSPS) is 10.4. The van der Waals surface area contributed by atoms with Crippen LogP contribution in [-0.4, -0.2) is 6.79 Å². The number of rotatable bonds is 6. The van der Waals surface area contributed by atoms with Crippen LogP contribution in [0, 0.1) is 5.82 Å². The fourth-order valence-electron chi connectivity index (χ4n) is 1.69. The van der Waals surface area contributed by atoms with Crippen LogP contribution in [-0.2, 0) is 17.9 Å². The van der Waals surface area contributed by atoms with Gasteiger partial charge in [0.05, 0.1) is 6.61 Å². The van der Waals surface area contributed by atoms with Crippen LogP contribution < -0.4 is 10.5 Å². The Hall–Kier alpha value is -1.91. The van der Waals surface area contributed by atoms with Crippen molar-refractivity contribution in [3.05, 3.63) is 65.5 Å². The molecule has 100 valence electrons. The van der Waals surface area contributed by atoms with E-state index in [4.69, 9.17) is 15.2 Å². The van der Waals surface area contributed by atoms with Gasteiger partial charge < -0.3 is 15.2 Å². The summed E-state index contributed by atoms with van der Waals surface area (Å²) in [6.45, 7) is 0.805. The molecular weight excluding hydrogens is 245 g/mol. The van der Waals surface area contributed by atoms with Gasteiger partial charge in [0.15, 0.2) is 6.79 Å². The lowest BCUT2D eigenvalue weighted by Gasteiger charge is -2.10. The Morgan fingerprint density at radius 1 is 1.05 bits per heavy atom. The van der Waals surface area contributed by atoms with Gasteiger partial charge in [-0.2, -0.15) is 0 Å². The zero-order valence-corrected chi connectivity index (χ0v) is 10.5. The van der Waals surface area contributed by atoms with E-state index in [1.165, 1.54) is 12.1 Å². The third-order valence-electron chi connectivity index (χ3n) is 2.65. The second kappa shape index (κ2) is 6.87. The van der Waals surface area contributed by atoms with E-state index >= 15 is 0 Å². The van der Waals surface area contributed by atoms with Gasteiger partial charge in [-0.15, -0.1) is 0 Å². The van der Waals surface area contributed by atoms with E-state index in [0.29, 0.717) is 17.9 Å². The molecular formula is C15H16FNO2. The maximum Gasteiger partial charge on any atom is 0.189 e. The Labute approximate surface area is 111 Å². The molecule has 0 radical (unpaired) electrons. The maximum absolute atomic E-state index is 13.0. The lowest BCUT2D eigenvalue weighted by Crippen LogP contribution is -2.07. The van der Waals surface area contributed by atoms with Crippen molar-refractivity contribution in [3.8, 4) is 5.75 Å². The second-order valence-corrected chi connectivity index (χ2v) is 4.05. The van der Waals surface area contributed by atoms with Crippen LogP contribution in [0.5, 0.6) is 5.75 Å². The first-order chi connectivity index (χ1) is 9.29. The summed E-state index contributed by atoms with van der Waals surface area (Å²) < 4.78 is 23.8. The minimum atomic E-state index is -0.321. The third-order valence-corrected chi connectivity index (χ3v) is 2.65. The van der Waals surface area contributed by atoms with E-state index in [-0.39, 0.29) is 19.2 Å². The average molecular weight is 261 g/mol. The molecule has 0 saturated carbocycles. The van der Waals surface area contributed by atoms with Gasteiger partial charge in [-0.25, -0.2) is 4.39 Å². The molecule has 19 heavy (non-hydrogen) atoms. The van der Waals surface area contributed by atoms with Gasteiger partial charge >= 0.3 is 0 Å². The first-order valence-corrected chi connectivity index (χ1v) is 6.02. The van der Waals surface area contributed by atoms with Crippen molar-refractivity contribution in [2.75, 3.05) is 6.79 Å². The van der Waals surface area contributed by atoms with Crippen molar-refractivity contribution >= 4 is 0 Å². The first-order valence-electron chi connectivity index (χ1n) is 6.02. The largest absolute Gasteiger partial charge is 0.467 e. The number of benzene rings is 2. The van der Waals surface area contributed by atoms with Crippen molar-refractivity contribution in [1.29, 1.82) is 0 Å². The average Bonchev–Trinajstić information content (AvgIpc) is 2.46. The molecule has 2 aromatic rings. The van der Waals surface area contributed by atoms with Gasteiger partial charge in [0.1, 0.15) is 11.6 Å². The van der Waals surface area contributed by atoms with Crippen molar-refractivity contribution in [2.24, 2.45) is 5.73 Å². The van der Waals surface area contributed by atoms with Crippen LogP contribution >= 0.6 is 0 Å². The quantitative estimate of drug-likeness (QED) is 0.642. The molecule has 4 heteroatoms. The minimum absolute atomic E-state index is 0.105. The van der Waals surface area contributed by atoms with Crippen molar-refractivity contribution < 1.29 is 13.9 Å². The molecule has 0 fully saturated rings. The van der Waals surface area contributed by atoms with Crippen molar-refractivity contribution in [3.63, 3.8) is 0 Å². The Morgan fingerprint density at radius 2 is 1.84 bits per heavy atom. The Morgan fingerprint density at radius 3 is 2.58 bits per heavy atom. The van der Waals surface area contributed by atoms with Gasteiger partial charge in [0.25, 0.3) is 0 Å². The Kier molecular flexibility index (Phi) is 4.89. The molecule has 2 aromatic carbocycles. The van der Waals surface area contributed by atoms with Gasteiger partial charge in [-0.3, -0.25) is 0 Å². The predicted molar refractivity (Wildman–Crippen MR) is 71.0 cm³/mol. The van der Waals surface area contributed by atoms with Crippen LogP contribution in [0.15, 0.2) is 48.5 Å². The molecule has 0 heterocycles. The monoisotopic (exact) mass is 261 g/mol. The molecule has 0 aliphatic rings. The molecule has 0 amide bonds. The van der Waals surface area contributed by atoms with E-state index in [9.17, 15) is 4.39 Å². The summed E-state index contributed by atoms with van der Waals surface area (Å²) in [5.74, 6) is 0.231. The molecule has 0 saturated heterocycles. The van der Waals surface area contributed by atoms with Gasteiger partial charge in [0.2, 0.25) is 0 Å². The standard InChI is InChI=1S/C15H16FNO2/c16-14-6-7-15(13(8-14)9-17)19-11-18-10-12-4-2-1-3-5-12/h1-8H,9-11,17H2. The van der Waals surface area contributed by atoms with E-state index in [0.717, 1.165) is 5.56 Å². The van der Waals surface area contributed by atoms with E-state index in [1.54, 1.807) is 6.07 Å². The lowest BCUT2D eigenvalue weighted by atomic mass is 10.2. The topological polar surface area (TPSA) is 44.5 Å². The summed E-state index contributed by atoms with van der Waals surface area (Å²) in [7, 11) is 0. The molecule has 0 unspecified atom stereocenters. The highest BCUT2D eigenvalue weighted by Crippen LogP contribution is 2.19. The zero-order chi connectivity index (χ0) is 13.5. The van der Waals surface area contributed by atoms with E-state index in [1.807, 2.05) is 30.3 Å². The van der Waals surface area contributed by atoms with Crippen LogP contribution in [0.2, 0.25) is 0 Å². The highest BCUT2D eigenvalue weighted by Gasteiger charge is 2.03. The molecule has 0 aromatic heterocycles. The molecule has 3 nitrogen and oxygen atoms in total. The van der Waals surface area contributed by atoms with Crippen molar-refractivity contribution in [1.82, 2.24) is 0 Å². The highest BCUT2D eigenvalue weighted by molar-refractivity contribution is 5.33. The van der Waals surface area contributed by atoms with E-state index in [2.05, 4.69) is 0 Å². The van der Waals surface area contributed by atoms with Crippen LogP contribution in [0.1, 0.15) is 11.1 Å². The maximum atomic E-state index is 13.0. The minimum Gasteiger partial charge on any atom is -0.467 e. The highest BCUT2D eigenvalue weighted by atomic mass is 19.1. The van der Waals surface area contributed by atoms with Crippen LogP contribution in [0.25, 0.3) is 0 Å². The molecule has 0 spiro atoms. The number of nitrogens with two attached hydrogens (primary N) is 1. The number of hydrogen-bond acceptors (Lipinski definition) is 3. The fourth-order valence-corrected chi connectivity index (χ4v) is 1.69. The van der Waals surface area contributed by atoms with Gasteiger partial charge in [-0.1, -0.05) is 30.3 Å². The summed E-state index contributed by atoms with van der Waals surface area (Å²) >= 11 is 0. The van der Waals surface area contributed by atoms with Gasteiger partial charge in [0, 0.05) is 12.1 Å². The van der Waals surface area contributed by atoms with E-state index < -0.39 is 0 Å². The number of ether oxygens (including phenoxy) is 2. The molecule has 2 rings (SSSR count). The summed E-state index contributed by atoms with van der Waals surface area (Å²) in [5, 5.41) is 0. The third kappa shape index (κ3) is 4.05. The molecule has 2 N–H and O–H groups in total. The van der Waals surface area contributed by atoms with Crippen molar-refractivity contribution in [2.45, 2.75) is 13.2 Å². The molecule has 0 bridgehead atoms. The summed E-state index contributed by atoms with van der Waals surface area (Å²) in [6, 6.07) is 14.1. The molecule has 0 atom stereocenters. The summed E-state index contributed by atoms with van der Waals surface area (Å²) in [4.78, 5) is 0. The summed E-state index contributed by atoms with van der Waals surface area (Å²) in [6.07, 6.45) is 0. The smallest absolute Gasteiger partial charge is 0.189 e. The Bertz CT molecular complexity index is 517. The van der Waals surface area contributed by atoms with Gasteiger partial charge in [-0.05, 0) is 23.8 Å². The zero-order valence-electron chi connectivity index (χ0n) is 10.5. The van der Waals surface area contributed by atoms with Crippen LogP contribution in [0.3, 0.4) is 0 Å². The lowest BCUT2D eigenvalue weighted by molar-refractivity contribution is 0.00451. The molecule has 0 aliphatic carbocycles. The van der Waals surface area contributed by atoms with Crippen LogP contribution in [0.4, 0.5) is 4.39 Å². The fraction of sp³-hybridized carbons (Fsp3) is 0.200. The Balaban J connectivity index is 1.83.